The predicted molar refractivity (Wildman–Crippen MR) is 155 cm³/mol. The van der Waals surface area contributed by atoms with E-state index in [0.717, 1.165) is 35.1 Å². The highest BCUT2D eigenvalue weighted by atomic mass is 15.2. The maximum Gasteiger partial charge on any atom is 0.166 e. The molecule has 2 aromatic carbocycles. The molecule has 0 radical (unpaired) electrons. The number of hydrogen-bond acceptors (Lipinski definition) is 5. The minimum absolute atomic E-state index is 0.290. The summed E-state index contributed by atoms with van der Waals surface area (Å²) in [5.74, 6) is 3.79. The molecule has 0 spiro atoms. The van der Waals surface area contributed by atoms with Gasteiger partial charge >= 0.3 is 0 Å². The average Bonchev–Trinajstić information content (AvgIpc) is 3.36. The summed E-state index contributed by atoms with van der Waals surface area (Å²) in [6.45, 7) is 5.05. The summed E-state index contributed by atoms with van der Waals surface area (Å²) in [6.07, 6.45) is 10.5. The third-order valence-electron chi connectivity index (χ3n) is 8.89. The van der Waals surface area contributed by atoms with Gasteiger partial charge in [0.05, 0.1) is 6.33 Å². The van der Waals surface area contributed by atoms with Gasteiger partial charge in [-0.15, -0.1) is 0 Å². The number of anilines is 1. The molecule has 2 heterocycles. The van der Waals surface area contributed by atoms with Crippen molar-refractivity contribution in [2.24, 2.45) is 23.5 Å². The highest BCUT2D eigenvalue weighted by Gasteiger charge is 2.40. The highest BCUT2D eigenvalue weighted by molar-refractivity contribution is 5.83. The molecule has 3 N–H and O–H groups in total. The number of nitrogens with two attached hydrogens (primary N) is 1. The number of imidazole rings is 1. The first-order chi connectivity index (χ1) is 18.6. The molecule has 4 atom stereocenters. The highest BCUT2D eigenvalue weighted by Crippen LogP contribution is 2.46. The van der Waals surface area contributed by atoms with Gasteiger partial charge in [-0.25, -0.2) is 15.0 Å². The summed E-state index contributed by atoms with van der Waals surface area (Å²) in [6, 6.07) is 19.9. The Balaban J connectivity index is 1.22. The van der Waals surface area contributed by atoms with Crippen LogP contribution in [-0.4, -0.2) is 25.6 Å². The van der Waals surface area contributed by atoms with Gasteiger partial charge in [0.1, 0.15) is 11.3 Å². The van der Waals surface area contributed by atoms with Gasteiger partial charge in [0.15, 0.2) is 11.5 Å². The van der Waals surface area contributed by atoms with Gasteiger partial charge < -0.3 is 15.6 Å². The summed E-state index contributed by atoms with van der Waals surface area (Å²) in [4.78, 5) is 14.8. The van der Waals surface area contributed by atoms with E-state index in [2.05, 4.69) is 78.3 Å². The summed E-state index contributed by atoms with van der Waals surface area (Å²) >= 11 is 0. The first kappa shape index (κ1) is 25.1. The molecular weight excluding hydrogens is 468 g/mol. The minimum atomic E-state index is 0.290. The smallest absolute Gasteiger partial charge is 0.166 e. The van der Waals surface area contributed by atoms with E-state index in [-0.39, 0.29) is 6.04 Å². The first-order valence-corrected chi connectivity index (χ1v) is 14.4. The van der Waals surface area contributed by atoms with Crippen LogP contribution in [0, 0.1) is 17.8 Å². The lowest BCUT2D eigenvalue weighted by Gasteiger charge is -2.45. The average molecular weight is 509 g/mol. The fraction of sp³-hybridized carbons (Fsp3) is 0.469. The molecule has 4 aromatic rings. The normalized spacial score (nSPS) is 23.5. The zero-order valence-electron chi connectivity index (χ0n) is 22.7. The number of aromatic nitrogens is 4. The Labute approximate surface area is 226 Å². The number of fused-ring (bicyclic) bond motifs is 1. The van der Waals surface area contributed by atoms with Gasteiger partial charge in [-0.1, -0.05) is 67.4 Å². The van der Waals surface area contributed by atoms with E-state index in [1.165, 1.54) is 55.2 Å². The van der Waals surface area contributed by atoms with Crippen molar-refractivity contribution in [1.82, 2.24) is 19.5 Å². The van der Waals surface area contributed by atoms with E-state index in [4.69, 9.17) is 20.7 Å². The quantitative estimate of drug-likeness (QED) is 0.274. The molecule has 2 aliphatic carbocycles. The molecule has 0 bridgehead atoms. The van der Waals surface area contributed by atoms with Crippen molar-refractivity contribution < 1.29 is 0 Å². The lowest BCUT2D eigenvalue weighted by Crippen LogP contribution is -2.44. The van der Waals surface area contributed by atoms with E-state index >= 15 is 0 Å². The van der Waals surface area contributed by atoms with Crippen LogP contribution in [0.15, 0.2) is 60.9 Å². The van der Waals surface area contributed by atoms with Crippen LogP contribution in [0.2, 0.25) is 0 Å². The summed E-state index contributed by atoms with van der Waals surface area (Å²) < 4.78 is 2.16. The van der Waals surface area contributed by atoms with Gasteiger partial charge in [-0.05, 0) is 74.0 Å². The third kappa shape index (κ3) is 5.06. The van der Waals surface area contributed by atoms with Crippen molar-refractivity contribution >= 4 is 17.0 Å². The lowest BCUT2D eigenvalue weighted by atomic mass is 9.61. The van der Waals surface area contributed by atoms with Crippen LogP contribution in [-0.2, 0) is 13.0 Å². The van der Waals surface area contributed by atoms with Crippen LogP contribution in [0.1, 0.15) is 69.8 Å². The minimum Gasteiger partial charge on any atom is -0.364 e. The van der Waals surface area contributed by atoms with Gasteiger partial charge in [0.2, 0.25) is 0 Å². The zero-order valence-corrected chi connectivity index (χ0v) is 22.7. The Morgan fingerprint density at radius 3 is 2.37 bits per heavy atom. The zero-order chi connectivity index (χ0) is 26.1. The Hall–Kier alpha value is -3.25. The van der Waals surface area contributed by atoms with Crippen LogP contribution in [0.5, 0.6) is 0 Å². The molecule has 6 heteroatoms. The SMILES string of the molecule is CC(C)n1cnc2c(NCc3ccc(-c4ccccc4)cc3)nc(CC3CCC3C3CCCC[C@@H]3N)nc21. The Morgan fingerprint density at radius 1 is 0.895 bits per heavy atom. The molecule has 2 fully saturated rings. The van der Waals surface area contributed by atoms with E-state index in [0.29, 0.717) is 24.4 Å². The van der Waals surface area contributed by atoms with Gasteiger partial charge in [-0.2, -0.15) is 0 Å². The summed E-state index contributed by atoms with van der Waals surface area (Å²) in [7, 11) is 0. The van der Waals surface area contributed by atoms with Crippen LogP contribution in [0.25, 0.3) is 22.3 Å². The van der Waals surface area contributed by atoms with Crippen LogP contribution >= 0.6 is 0 Å². The standard InChI is InChI=1S/C32H40N6/c1-21(2)38-20-35-30-31(34-19-22-12-14-24(15-13-22)23-8-4-3-5-9-23)36-29(37-32(30)38)18-25-16-17-26(25)27-10-6-7-11-28(27)33/h3-5,8-9,12-15,20-21,25-28H,6-7,10-11,16-19,33H2,1-2H3,(H,34,36,37)/t25?,26?,27?,28-/m0/s1. The molecule has 2 aliphatic rings. The second-order valence-electron chi connectivity index (χ2n) is 11.6. The number of nitrogens with zero attached hydrogens (tertiary/aromatic N) is 4. The van der Waals surface area contributed by atoms with E-state index in [1.807, 2.05) is 6.33 Å². The predicted octanol–water partition coefficient (Wildman–Crippen LogP) is 6.77. The van der Waals surface area contributed by atoms with Gasteiger partial charge in [0.25, 0.3) is 0 Å². The number of rotatable bonds is 8. The van der Waals surface area contributed by atoms with Gasteiger partial charge in [0, 0.05) is 25.0 Å². The molecule has 3 unspecified atom stereocenters. The number of benzene rings is 2. The number of nitrogens with one attached hydrogen (secondary N) is 1. The molecule has 0 aliphatic heterocycles. The van der Waals surface area contributed by atoms with Gasteiger partial charge in [-0.3, -0.25) is 0 Å². The fourth-order valence-corrected chi connectivity index (χ4v) is 6.55. The number of hydrogen-bond donors (Lipinski definition) is 2. The molecule has 2 saturated carbocycles. The van der Waals surface area contributed by atoms with Crippen molar-refractivity contribution in [3.63, 3.8) is 0 Å². The Bertz CT molecular complexity index is 1360. The molecule has 2 aromatic heterocycles. The molecule has 0 amide bonds. The van der Waals surface area contributed by atoms with E-state index < -0.39 is 0 Å². The van der Waals surface area contributed by atoms with Crippen LogP contribution in [0.4, 0.5) is 5.82 Å². The molecule has 38 heavy (non-hydrogen) atoms. The molecule has 6 nitrogen and oxygen atoms in total. The lowest BCUT2D eigenvalue weighted by molar-refractivity contribution is 0.0653. The second-order valence-corrected chi connectivity index (χ2v) is 11.6. The van der Waals surface area contributed by atoms with E-state index in [9.17, 15) is 0 Å². The Kier molecular flexibility index (Phi) is 7.16. The summed E-state index contributed by atoms with van der Waals surface area (Å²) in [5, 5.41) is 3.60. The van der Waals surface area contributed by atoms with Crippen molar-refractivity contribution in [2.75, 3.05) is 5.32 Å². The first-order valence-electron chi connectivity index (χ1n) is 14.4. The second kappa shape index (κ2) is 10.9. The molecule has 198 valence electrons. The van der Waals surface area contributed by atoms with Crippen molar-refractivity contribution in [1.29, 1.82) is 0 Å². The van der Waals surface area contributed by atoms with Crippen molar-refractivity contribution in [3.05, 3.63) is 72.3 Å². The van der Waals surface area contributed by atoms with E-state index in [1.54, 1.807) is 0 Å². The third-order valence-corrected chi connectivity index (χ3v) is 8.89. The Morgan fingerprint density at radius 2 is 1.66 bits per heavy atom. The van der Waals surface area contributed by atoms with Crippen LogP contribution < -0.4 is 11.1 Å². The maximum atomic E-state index is 6.57. The van der Waals surface area contributed by atoms with Crippen LogP contribution in [0.3, 0.4) is 0 Å². The molecule has 0 saturated heterocycles. The monoisotopic (exact) mass is 508 g/mol. The fourth-order valence-electron chi connectivity index (χ4n) is 6.55. The largest absolute Gasteiger partial charge is 0.364 e. The summed E-state index contributed by atoms with van der Waals surface area (Å²) in [5.41, 5.74) is 12.0. The van der Waals surface area contributed by atoms with Crippen molar-refractivity contribution in [3.8, 4) is 11.1 Å². The maximum absolute atomic E-state index is 6.57. The van der Waals surface area contributed by atoms with Crippen molar-refractivity contribution in [2.45, 2.75) is 77.4 Å². The topological polar surface area (TPSA) is 81.7 Å². The molecule has 6 rings (SSSR count). The molecular formula is C32H40N6.